The maximum atomic E-state index is 7.72. The van der Waals surface area contributed by atoms with Crippen LogP contribution in [0.15, 0.2) is 0 Å². The molecule has 0 aliphatic carbocycles. The summed E-state index contributed by atoms with van der Waals surface area (Å²) in [6.07, 6.45) is 0. The van der Waals surface area contributed by atoms with Crippen molar-refractivity contribution >= 4 is 61.8 Å². The van der Waals surface area contributed by atoms with Gasteiger partial charge in [-0.1, -0.05) is 0 Å². The van der Waals surface area contributed by atoms with E-state index in [2.05, 4.69) is 35.6 Å². The molecule has 7 heteroatoms. The fraction of sp³-hybridized carbons (Fsp3) is 0. The van der Waals surface area contributed by atoms with Crippen molar-refractivity contribution < 1.29 is 14.0 Å². The molecule has 0 rings (SSSR count). The predicted octanol–water partition coefficient (Wildman–Crippen LogP) is -1.88. The monoisotopic (exact) mass is 362 g/mol. The van der Waals surface area contributed by atoms with E-state index in [1.807, 2.05) is 0 Å². The van der Waals surface area contributed by atoms with E-state index < -0.39 is 0 Å². The third-order valence-corrected chi connectivity index (χ3v) is 0. The van der Waals surface area contributed by atoms with Crippen LogP contribution in [0.25, 0.3) is 0 Å². The second-order valence-electron chi connectivity index (χ2n) is 0. The Kier molecular flexibility index (Phi) is 422. The van der Waals surface area contributed by atoms with Crippen molar-refractivity contribution in [2.75, 3.05) is 0 Å². The van der Waals surface area contributed by atoms with Gasteiger partial charge in [-0.15, -0.1) is 0 Å². The Balaban J connectivity index is -0.00000000900. The van der Waals surface area contributed by atoms with E-state index in [-0.39, 0.29) is 26.2 Å². The third kappa shape index (κ3) is 90.8. The van der Waals surface area contributed by atoms with Crippen molar-refractivity contribution in [3.05, 3.63) is 0 Å². The third-order valence-electron chi connectivity index (χ3n) is 0. The first-order chi connectivity index (χ1) is 3.00. The van der Waals surface area contributed by atoms with E-state index in [0.717, 1.165) is 0 Å². The number of hydrogen-bond donors (Lipinski definition) is 0. The Morgan fingerprint density at radius 1 is 0.571 bits per heavy atom. The smallest absolute Gasteiger partial charge is 0.769 e. The summed E-state index contributed by atoms with van der Waals surface area (Å²) < 4.78 is 23.2. The van der Waals surface area contributed by atoms with Crippen LogP contribution in [0.2, 0.25) is 0 Å². The minimum Gasteiger partial charge on any atom is -0.769 e. The Morgan fingerprint density at radius 3 is 0.571 bits per heavy atom. The van der Waals surface area contributed by atoms with Crippen molar-refractivity contribution in [2.24, 2.45) is 0 Å². The molecule has 0 saturated heterocycles. The van der Waals surface area contributed by atoms with Crippen LogP contribution in [0.1, 0.15) is 0 Å². The Bertz CT molecular complexity index is 10.1. The molecule has 0 unspecified atom stereocenters. The maximum Gasteiger partial charge on any atom is 3.00 e. The molecule has 7 heavy (non-hydrogen) atoms. The van der Waals surface area contributed by atoms with Crippen molar-refractivity contribution in [1.29, 1.82) is 0 Å². The molecule has 0 aromatic heterocycles. The quantitative estimate of drug-likeness (QED) is 0.473. The first-order valence-corrected chi connectivity index (χ1v) is 1.39. The molecule has 3 nitrogen and oxygen atoms in total. The predicted molar refractivity (Wildman–Crippen MR) is 23.3 cm³/mol. The second-order valence-corrected chi connectivity index (χ2v) is 0. The molecule has 0 aromatic rings. The molecule has 0 spiro atoms. The molecular weight excluding hydrogens is 363 g/mol. The average molecular weight is 363 g/mol. The van der Waals surface area contributed by atoms with Gasteiger partial charge in [-0.25, -0.2) is 35.6 Å². The second kappa shape index (κ2) is 126. The van der Waals surface area contributed by atoms with Crippen LogP contribution in [0.5, 0.6) is 0 Å². The number of rotatable bonds is 0. The van der Waals surface area contributed by atoms with Crippen LogP contribution in [0.4, 0.5) is 0 Å². The van der Waals surface area contributed by atoms with Gasteiger partial charge in [0.1, 0.15) is 0 Å². The van der Waals surface area contributed by atoms with Gasteiger partial charge in [0, 0.05) is 0 Å². The largest absolute Gasteiger partial charge is 3.00 e. The van der Waals surface area contributed by atoms with Gasteiger partial charge < -0.3 is 14.0 Å². The van der Waals surface area contributed by atoms with Crippen molar-refractivity contribution in [3.8, 4) is 0 Å². The summed E-state index contributed by atoms with van der Waals surface area (Å²) in [5.41, 5.74) is 0. The standard InChI is InChI=1S/Bi.3ClO/c;3*1-2/q+3;3*-1. The zero-order valence-electron chi connectivity index (χ0n) is 2.81. The average Bonchev–Trinajstić information content (AvgIpc) is 1.81. The minimum absolute atomic E-state index is 0. The van der Waals surface area contributed by atoms with E-state index in [9.17, 15) is 0 Å². The van der Waals surface area contributed by atoms with E-state index in [4.69, 9.17) is 14.0 Å². The van der Waals surface area contributed by atoms with E-state index in [1.165, 1.54) is 0 Å². The minimum atomic E-state index is 0. The Morgan fingerprint density at radius 2 is 0.571 bits per heavy atom. The molecule has 0 aliphatic heterocycles. The van der Waals surface area contributed by atoms with Gasteiger partial charge in [0.05, 0.1) is 0 Å². The Hall–Kier alpha value is 1.63. The molecule has 0 fully saturated rings. The van der Waals surface area contributed by atoms with Crippen LogP contribution in [0.3, 0.4) is 0 Å². The van der Waals surface area contributed by atoms with E-state index in [1.54, 1.807) is 0 Å². The van der Waals surface area contributed by atoms with E-state index >= 15 is 0 Å². The topological polar surface area (TPSA) is 69.2 Å². The zero-order valence-corrected chi connectivity index (χ0v) is 8.55. The van der Waals surface area contributed by atoms with Gasteiger partial charge in [-0.3, -0.25) is 0 Å². The zero-order chi connectivity index (χ0) is 6.00. The first-order valence-electron chi connectivity index (χ1n) is 0.463. The Labute approximate surface area is 75.4 Å². The fourth-order valence-electron chi connectivity index (χ4n) is 0. The summed E-state index contributed by atoms with van der Waals surface area (Å²) in [5, 5.41) is 0. The van der Waals surface area contributed by atoms with Crippen LogP contribution in [-0.4, -0.2) is 26.2 Å². The van der Waals surface area contributed by atoms with Crippen LogP contribution >= 0.6 is 35.6 Å². The van der Waals surface area contributed by atoms with Crippen molar-refractivity contribution in [1.82, 2.24) is 0 Å². The molecule has 0 atom stereocenters. The van der Waals surface area contributed by atoms with Gasteiger partial charge in [0.25, 0.3) is 0 Å². The van der Waals surface area contributed by atoms with Gasteiger partial charge in [0.2, 0.25) is 0 Å². The molecule has 0 aromatic carbocycles. The molecule has 2 radical (unpaired) electrons. The molecule has 0 aliphatic rings. The van der Waals surface area contributed by atoms with Gasteiger partial charge in [-0.05, 0) is 0 Å². The summed E-state index contributed by atoms with van der Waals surface area (Å²) in [6.45, 7) is 0. The molecular formula is BiCl3O3. The van der Waals surface area contributed by atoms with Gasteiger partial charge in [0.15, 0.2) is 0 Å². The summed E-state index contributed by atoms with van der Waals surface area (Å²) >= 11 is 10.2. The molecule has 0 heterocycles. The summed E-state index contributed by atoms with van der Waals surface area (Å²) in [6, 6.07) is 0. The first kappa shape index (κ1) is 23.4. The maximum absolute atomic E-state index is 7.72. The van der Waals surface area contributed by atoms with Crippen LogP contribution in [0, 0.1) is 0 Å². The SMILES string of the molecule is [Bi+3].[O-]Cl.[O-]Cl.[O-]Cl. The molecule has 0 amide bonds. The summed E-state index contributed by atoms with van der Waals surface area (Å²) in [4.78, 5) is 0. The molecule has 0 bridgehead atoms. The van der Waals surface area contributed by atoms with Crippen molar-refractivity contribution in [3.63, 3.8) is 0 Å². The number of halogens is 3. The molecule has 0 N–H and O–H groups in total. The van der Waals surface area contributed by atoms with Crippen LogP contribution in [-0.2, 0) is 0 Å². The molecule has 44 valence electrons. The van der Waals surface area contributed by atoms with Crippen molar-refractivity contribution in [2.45, 2.75) is 0 Å². The number of hydrogen-bond acceptors (Lipinski definition) is 3. The summed E-state index contributed by atoms with van der Waals surface area (Å²) in [5.74, 6) is 0. The van der Waals surface area contributed by atoms with Gasteiger partial charge >= 0.3 is 26.2 Å². The van der Waals surface area contributed by atoms with E-state index in [0.29, 0.717) is 0 Å². The van der Waals surface area contributed by atoms with Crippen LogP contribution < -0.4 is 14.0 Å². The van der Waals surface area contributed by atoms with Gasteiger partial charge in [-0.2, -0.15) is 0 Å². The fourth-order valence-corrected chi connectivity index (χ4v) is 0. The molecule has 0 saturated carbocycles. The summed E-state index contributed by atoms with van der Waals surface area (Å²) in [7, 11) is 0. The normalized spacial score (nSPS) is 2.57.